The minimum absolute atomic E-state index is 0.257. The molecule has 1 N–H and O–H groups in total. The van der Waals surface area contributed by atoms with Crippen molar-refractivity contribution in [2.75, 3.05) is 12.1 Å². The van der Waals surface area contributed by atoms with Gasteiger partial charge in [-0.25, -0.2) is 4.98 Å². The summed E-state index contributed by atoms with van der Waals surface area (Å²) < 4.78 is 12.6. The first-order chi connectivity index (χ1) is 12.9. The Balaban J connectivity index is 1.49. The molecule has 0 unspecified atom stereocenters. The number of fused-ring (bicyclic) bond motifs is 2. The first-order valence-electron chi connectivity index (χ1n) is 8.25. The fourth-order valence-electron chi connectivity index (χ4n) is 2.98. The third-order valence-corrected chi connectivity index (χ3v) is 4.26. The summed E-state index contributed by atoms with van der Waals surface area (Å²) in [6.45, 7) is 0.868. The van der Waals surface area contributed by atoms with Crippen molar-refractivity contribution in [2.45, 2.75) is 6.54 Å². The van der Waals surface area contributed by atoms with E-state index in [0.29, 0.717) is 6.54 Å². The van der Waals surface area contributed by atoms with Gasteiger partial charge in [0.05, 0.1) is 18.4 Å². The van der Waals surface area contributed by atoms with Gasteiger partial charge in [0.25, 0.3) is 0 Å². The summed E-state index contributed by atoms with van der Waals surface area (Å²) in [7, 11) is 0. The SMILES string of the molecule is c1ccc(CNc2ccnc3c(-c4ccc5c(c4)OCO5)cnn23)nc1. The number of anilines is 1. The normalized spacial score (nSPS) is 12.5. The molecule has 1 aliphatic heterocycles. The van der Waals surface area contributed by atoms with Crippen LogP contribution in [0.2, 0.25) is 0 Å². The maximum atomic E-state index is 5.47. The molecular weight excluding hydrogens is 330 g/mol. The van der Waals surface area contributed by atoms with Crippen molar-refractivity contribution < 1.29 is 9.47 Å². The number of hydrogen-bond donors (Lipinski definition) is 1. The average molecular weight is 345 g/mol. The van der Waals surface area contributed by atoms with Crippen LogP contribution >= 0.6 is 0 Å². The molecule has 0 saturated carbocycles. The van der Waals surface area contributed by atoms with E-state index >= 15 is 0 Å². The van der Waals surface area contributed by atoms with Gasteiger partial charge in [0.1, 0.15) is 5.82 Å². The molecule has 0 saturated heterocycles. The van der Waals surface area contributed by atoms with E-state index < -0.39 is 0 Å². The lowest BCUT2D eigenvalue weighted by molar-refractivity contribution is 0.174. The van der Waals surface area contributed by atoms with Gasteiger partial charge in [0.15, 0.2) is 17.1 Å². The summed E-state index contributed by atoms with van der Waals surface area (Å²) in [5, 5.41) is 7.86. The fraction of sp³-hybridized carbons (Fsp3) is 0.105. The number of aromatic nitrogens is 4. The van der Waals surface area contributed by atoms with E-state index in [1.54, 1.807) is 16.9 Å². The van der Waals surface area contributed by atoms with Gasteiger partial charge in [-0.2, -0.15) is 9.61 Å². The van der Waals surface area contributed by atoms with Crippen molar-refractivity contribution in [3.8, 4) is 22.6 Å². The van der Waals surface area contributed by atoms with Crippen LogP contribution in [0.15, 0.2) is 61.1 Å². The second-order valence-electron chi connectivity index (χ2n) is 5.87. The third kappa shape index (κ3) is 2.50. The lowest BCUT2D eigenvalue weighted by Gasteiger charge is -2.08. The van der Waals surface area contributed by atoms with E-state index in [9.17, 15) is 0 Å². The summed E-state index contributed by atoms with van der Waals surface area (Å²) >= 11 is 0. The monoisotopic (exact) mass is 345 g/mol. The maximum absolute atomic E-state index is 5.47. The smallest absolute Gasteiger partial charge is 0.231 e. The molecule has 0 atom stereocenters. The van der Waals surface area contributed by atoms with Crippen molar-refractivity contribution in [3.63, 3.8) is 0 Å². The molecular formula is C19H15N5O2. The molecule has 0 radical (unpaired) electrons. The van der Waals surface area contributed by atoms with Crippen LogP contribution in [0.3, 0.4) is 0 Å². The third-order valence-electron chi connectivity index (χ3n) is 4.26. The molecule has 128 valence electrons. The Bertz CT molecular complexity index is 1080. The number of hydrogen-bond acceptors (Lipinski definition) is 6. The van der Waals surface area contributed by atoms with Crippen LogP contribution in [-0.2, 0) is 6.54 Å². The predicted molar refractivity (Wildman–Crippen MR) is 96.1 cm³/mol. The number of pyridine rings is 1. The lowest BCUT2D eigenvalue weighted by Crippen LogP contribution is -2.06. The van der Waals surface area contributed by atoms with E-state index in [2.05, 4.69) is 20.4 Å². The summed E-state index contributed by atoms with van der Waals surface area (Å²) in [5.74, 6) is 2.36. The number of nitrogens with zero attached hydrogens (tertiary/aromatic N) is 4. The van der Waals surface area contributed by atoms with E-state index in [0.717, 1.165) is 39.8 Å². The summed E-state index contributed by atoms with van der Waals surface area (Å²) in [4.78, 5) is 8.83. The first-order valence-corrected chi connectivity index (χ1v) is 8.25. The molecule has 0 amide bonds. The van der Waals surface area contributed by atoms with E-state index in [4.69, 9.17) is 9.47 Å². The van der Waals surface area contributed by atoms with Gasteiger partial charge in [-0.1, -0.05) is 12.1 Å². The Morgan fingerprint density at radius 1 is 1.00 bits per heavy atom. The zero-order chi connectivity index (χ0) is 17.3. The number of rotatable bonds is 4. The number of benzene rings is 1. The van der Waals surface area contributed by atoms with Gasteiger partial charge in [0, 0.05) is 18.0 Å². The van der Waals surface area contributed by atoms with Gasteiger partial charge >= 0.3 is 0 Å². The molecule has 7 heteroatoms. The van der Waals surface area contributed by atoms with Crippen LogP contribution in [0.1, 0.15) is 5.69 Å². The Kier molecular flexibility index (Phi) is 3.41. The predicted octanol–water partition coefficient (Wildman–Crippen LogP) is 3.13. The van der Waals surface area contributed by atoms with Crippen LogP contribution < -0.4 is 14.8 Å². The Morgan fingerprint density at radius 2 is 1.96 bits per heavy atom. The lowest BCUT2D eigenvalue weighted by atomic mass is 10.1. The van der Waals surface area contributed by atoms with Gasteiger partial charge in [0.2, 0.25) is 6.79 Å². The van der Waals surface area contributed by atoms with Crippen molar-refractivity contribution in [3.05, 3.63) is 66.7 Å². The number of ether oxygens (including phenoxy) is 2. The largest absolute Gasteiger partial charge is 0.454 e. The number of nitrogens with one attached hydrogen (secondary N) is 1. The highest BCUT2D eigenvalue weighted by atomic mass is 16.7. The minimum Gasteiger partial charge on any atom is -0.454 e. The molecule has 0 spiro atoms. The molecule has 1 aromatic carbocycles. The van der Waals surface area contributed by atoms with Gasteiger partial charge in [-0.15, -0.1) is 0 Å². The minimum atomic E-state index is 0.257. The summed E-state index contributed by atoms with van der Waals surface area (Å²) in [5.41, 5.74) is 3.65. The van der Waals surface area contributed by atoms with Gasteiger partial charge in [-0.05, 0) is 35.9 Å². The highest BCUT2D eigenvalue weighted by molar-refractivity contribution is 5.79. The zero-order valence-electron chi connectivity index (χ0n) is 13.8. The van der Waals surface area contributed by atoms with Crippen LogP contribution in [0.25, 0.3) is 16.8 Å². The van der Waals surface area contributed by atoms with Crippen LogP contribution in [-0.4, -0.2) is 26.4 Å². The highest BCUT2D eigenvalue weighted by Crippen LogP contribution is 2.36. The standard InChI is InChI=1S/C19H15N5O2/c1-2-7-20-14(3-1)10-22-18-6-8-21-19-15(11-23-24(18)19)13-4-5-16-17(9-13)26-12-25-16/h1-9,11,22H,10,12H2. The molecule has 0 fully saturated rings. The second-order valence-corrected chi connectivity index (χ2v) is 5.87. The molecule has 3 aromatic heterocycles. The highest BCUT2D eigenvalue weighted by Gasteiger charge is 2.16. The molecule has 5 rings (SSSR count). The van der Waals surface area contributed by atoms with Gasteiger partial charge < -0.3 is 14.8 Å². The maximum Gasteiger partial charge on any atom is 0.231 e. The van der Waals surface area contributed by atoms with Gasteiger partial charge in [-0.3, -0.25) is 4.98 Å². The van der Waals surface area contributed by atoms with Crippen LogP contribution in [0, 0.1) is 0 Å². The molecule has 0 aliphatic carbocycles. The van der Waals surface area contributed by atoms with E-state index in [1.165, 1.54) is 0 Å². The molecule has 4 heterocycles. The van der Waals surface area contributed by atoms with Crippen molar-refractivity contribution in [2.24, 2.45) is 0 Å². The van der Waals surface area contributed by atoms with E-state index in [-0.39, 0.29) is 6.79 Å². The average Bonchev–Trinajstić information content (AvgIpc) is 3.33. The van der Waals surface area contributed by atoms with Crippen LogP contribution in [0.5, 0.6) is 11.5 Å². The molecule has 26 heavy (non-hydrogen) atoms. The van der Waals surface area contributed by atoms with Crippen molar-refractivity contribution in [1.29, 1.82) is 0 Å². The Labute approximate surface area is 149 Å². The summed E-state index contributed by atoms with van der Waals surface area (Å²) in [6.07, 6.45) is 5.37. The van der Waals surface area contributed by atoms with Crippen molar-refractivity contribution >= 4 is 11.5 Å². The molecule has 1 aliphatic rings. The molecule has 4 aromatic rings. The topological polar surface area (TPSA) is 73.6 Å². The summed E-state index contributed by atoms with van der Waals surface area (Å²) in [6, 6.07) is 13.6. The molecule has 0 bridgehead atoms. The Hall–Kier alpha value is -3.61. The Morgan fingerprint density at radius 3 is 2.88 bits per heavy atom. The first kappa shape index (κ1) is 14.7. The van der Waals surface area contributed by atoms with E-state index in [1.807, 2.05) is 48.7 Å². The van der Waals surface area contributed by atoms with Crippen LogP contribution in [0.4, 0.5) is 5.82 Å². The fourth-order valence-corrected chi connectivity index (χ4v) is 2.98. The second kappa shape index (κ2) is 6.03. The quantitative estimate of drug-likeness (QED) is 0.613. The molecule has 7 nitrogen and oxygen atoms in total. The zero-order valence-corrected chi connectivity index (χ0v) is 13.8. The van der Waals surface area contributed by atoms with Crippen molar-refractivity contribution in [1.82, 2.24) is 19.6 Å².